The number of ether oxygens (including phenoxy) is 2. The van der Waals surface area contributed by atoms with Crippen LogP contribution in [0.15, 0.2) is 355 Å². The number of benzene rings is 13. The molecule has 3 nitrogen and oxygen atoms in total. The van der Waals surface area contributed by atoms with Gasteiger partial charge in [-0.25, -0.2) is 0 Å². The molecule has 0 saturated heterocycles. The first-order chi connectivity index (χ1) is 60.9. The number of aryl methyl sites for hydroxylation is 4. The smallest absolute Gasteiger partial charge is 0.496 e. The number of rotatable bonds is 16. The highest BCUT2D eigenvalue weighted by atomic mass is 32.2. The summed E-state index contributed by atoms with van der Waals surface area (Å²) in [5.74, 6) is 1.71. The zero-order valence-corrected chi connectivity index (χ0v) is 81.4. The van der Waals surface area contributed by atoms with Crippen LogP contribution in [-0.4, -0.2) is 61.5 Å². The van der Waals surface area contributed by atoms with E-state index in [9.17, 15) is 57.5 Å². The first-order valence-corrected chi connectivity index (χ1v) is 52.4. The van der Waals surface area contributed by atoms with Crippen molar-refractivity contribution in [3.05, 3.63) is 365 Å². The van der Waals surface area contributed by atoms with Crippen LogP contribution in [0.3, 0.4) is 0 Å². The first-order valence-electron chi connectivity index (χ1n) is 41.8. The topological polar surface area (TPSA) is 35.5 Å². The van der Waals surface area contributed by atoms with Gasteiger partial charge in [-0.3, -0.25) is 4.79 Å². The van der Waals surface area contributed by atoms with Gasteiger partial charge >= 0.3 is 22.7 Å². The molecule has 15 rings (SSSR count). The average molecular weight is 1900 g/mol. The van der Waals surface area contributed by atoms with Gasteiger partial charge in [0.1, 0.15) is 24.0 Å². The van der Waals surface area contributed by atoms with Crippen molar-refractivity contribution in [2.45, 2.75) is 170 Å². The van der Waals surface area contributed by atoms with Gasteiger partial charge in [0.25, 0.3) is 0 Å². The fraction of sp³-hybridized carbons (Fsp3) is 0.262. The van der Waals surface area contributed by atoms with Crippen LogP contribution in [-0.2, 0) is 71.5 Å². The number of methoxy groups -OCH3 is 1. The van der Waals surface area contributed by atoms with E-state index in [1.807, 2.05) is 66.7 Å². The predicted octanol–water partition coefficient (Wildman–Crippen LogP) is 32.8. The Kier molecular flexibility index (Phi) is 37.2. The standard InChI is InChI=1S/C26H29OS.C21H26F3S.C20H12F3OS.C16H16F3OS.C13H10F3S.C8H11S.C3H9S/c1-4-5-6-11-16-27-26-19(2)17-21(18-20(26)3)28-24-14-9-7-12-22(24)23-13-8-10-15-25(23)28;1-19(2,3)15-7-11-17(12-8-15)25(21(22,23)24)18-13-9-16(10-14-18)20(4,5)6;21-20(22,23)13-10-11-18-16(12-13)19(24)15-8-4-5-9-17(15)25(18)14-6-2-1-3-7-14;1-11-9-14(10-12(2)15(11)20-3)21(16(17,18)19)13-7-5-4-6-8-13;14-13(15,16)17(11-7-3-1-4-8-11)12-9-5-2-6-10-12;1-9(2)8-6-4-3-5-7-8;1-4(2)3/h7-10,12-15,17-18H,4-6,11,16H2,1-3H3;7-14H,1-6H3;1-12H;4-10H,1-3H3;1-10H;3-7H,1-2H3;1-3H3/q7*+1. The maximum absolute atomic E-state index is 13.8. The summed E-state index contributed by atoms with van der Waals surface area (Å²) in [6, 6.07) is 94.1. The highest BCUT2D eigenvalue weighted by Gasteiger charge is 2.57. The molecular weight excluding hydrogens is 1790 g/mol. The van der Waals surface area contributed by atoms with E-state index in [4.69, 9.17) is 9.47 Å². The Hall–Kier alpha value is -9.52. The lowest BCUT2D eigenvalue weighted by Crippen LogP contribution is -2.24. The molecule has 129 heavy (non-hydrogen) atoms. The van der Waals surface area contributed by atoms with Crippen molar-refractivity contribution in [2.75, 3.05) is 45.0 Å². The van der Waals surface area contributed by atoms with Gasteiger partial charge in [0.15, 0.2) is 95.5 Å². The highest BCUT2D eigenvalue weighted by molar-refractivity contribution is 7.98. The first kappa shape index (κ1) is 103. The van der Waals surface area contributed by atoms with E-state index in [0.29, 0.717) is 68.3 Å². The van der Waals surface area contributed by atoms with Gasteiger partial charge in [-0.15, -0.1) is 39.5 Å². The van der Waals surface area contributed by atoms with Crippen LogP contribution >= 0.6 is 20.9 Å². The molecule has 0 aliphatic heterocycles. The second-order valence-electron chi connectivity index (χ2n) is 32.9. The quantitative estimate of drug-likeness (QED) is 0.0419. The highest BCUT2D eigenvalue weighted by Crippen LogP contribution is 2.51. The van der Waals surface area contributed by atoms with Gasteiger partial charge in [-0.1, -0.05) is 219 Å². The minimum absolute atomic E-state index is 0.0350. The largest absolute Gasteiger partial charge is 0.586 e. The van der Waals surface area contributed by atoms with Crippen LogP contribution in [0.4, 0.5) is 52.7 Å². The molecule has 0 radical (unpaired) electrons. The van der Waals surface area contributed by atoms with Crippen LogP contribution in [0.1, 0.15) is 113 Å². The van der Waals surface area contributed by atoms with Crippen molar-refractivity contribution in [1.29, 1.82) is 0 Å². The van der Waals surface area contributed by atoms with Gasteiger partial charge in [0.2, 0.25) is 5.43 Å². The molecule has 0 saturated carbocycles. The molecule has 0 fully saturated rings. The average Bonchev–Trinajstić information content (AvgIpc) is 1.68. The van der Waals surface area contributed by atoms with Crippen molar-refractivity contribution in [1.82, 2.24) is 0 Å². The van der Waals surface area contributed by atoms with E-state index < -0.39 is 71.4 Å². The molecule has 0 amide bonds. The SMILES string of the molecule is CC(C)(C)c1ccc([S+](c2ccc(C(C)(C)C)cc2)C(F)(F)F)cc1.CCCCCCOc1c(C)cc(-[s+]2c3ccccc3c3ccccc32)cc1C.COc1c(C)cc([S+](c2ccccc2)C(F)(F)F)cc1C.C[S+](C)C.C[S+](C)c1ccccc1.FC(F)(F)[S+](c1ccccc1)c1ccccc1.O=c1c2ccccc2[s+](-c2ccccc2)c2ccc(C(F)(F)F)cc12. The zero-order chi connectivity index (χ0) is 94.3. The van der Waals surface area contributed by atoms with Crippen molar-refractivity contribution < 1.29 is 62.2 Å². The second kappa shape index (κ2) is 46.5. The summed E-state index contributed by atoms with van der Waals surface area (Å²) < 4.78 is 176. The normalized spacial score (nSPS) is 12.2. The van der Waals surface area contributed by atoms with Crippen LogP contribution in [0.25, 0.3) is 50.1 Å². The molecule has 0 spiro atoms. The van der Waals surface area contributed by atoms with Crippen molar-refractivity contribution in [3.63, 3.8) is 0 Å². The van der Waals surface area contributed by atoms with E-state index in [1.165, 1.54) is 110 Å². The van der Waals surface area contributed by atoms with Crippen LogP contribution in [0.5, 0.6) is 11.5 Å². The second-order valence-corrected chi connectivity index (χ2v) is 47.5. The molecule has 0 aliphatic carbocycles. The lowest BCUT2D eigenvalue weighted by atomic mass is 9.87. The number of halogens is 12. The molecule has 0 N–H and O–H groups in total. The number of thiophene rings is 1. The Morgan fingerprint density at radius 3 is 0.969 bits per heavy atom. The monoisotopic (exact) mass is 1900 g/mol. The minimum atomic E-state index is -4.47. The molecule has 678 valence electrons. The molecule has 2 aromatic heterocycles. The summed E-state index contributed by atoms with van der Waals surface area (Å²) in [6.07, 6.45) is 11.5. The summed E-state index contributed by atoms with van der Waals surface area (Å²) >= 11 is 0. The third-order valence-electron chi connectivity index (χ3n) is 20.2. The van der Waals surface area contributed by atoms with Gasteiger partial charge in [0, 0.05) is 66.9 Å². The maximum Gasteiger partial charge on any atom is 0.586 e. The Bertz CT molecular complexity index is 5910. The predicted molar refractivity (Wildman–Crippen MR) is 532 cm³/mol. The molecule has 22 heteroatoms. The minimum Gasteiger partial charge on any atom is -0.496 e. The zero-order valence-electron chi connectivity index (χ0n) is 75.7. The summed E-state index contributed by atoms with van der Waals surface area (Å²) in [7, 11) is -3.82. The van der Waals surface area contributed by atoms with E-state index >= 15 is 0 Å². The van der Waals surface area contributed by atoms with Crippen LogP contribution in [0, 0.1) is 27.7 Å². The van der Waals surface area contributed by atoms with Gasteiger partial charge in [-0.05, 0) is 229 Å². The van der Waals surface area contributed by atoms with Gasteiger partial charge < -0.3 is 9.47 Å². The van der Waals surface area contributed by atoms with E-state index in [1.54, 1.807) is 117 Å². The van der Waals surface area contributed by atoms with Crippen molar-refractivity contribution in [3.8, 4) is 21.3 Å². The number of unbranched alkanes of at least 4 members (excludes halogenated alkanes) is 3. The number of fused-ring (bicyclic) bond motifs is 5. The number of hydrogen-bond acceptors (Lipinski definition) is 3. The Morgan fingerprint density at radius 2 is 0.620 bits per heavy atom. The van der Waals surface area contributed by atoms with Gasteiger partial charge in [0.05, 0.1) is 48.8 Å². The van der Waals surface area contributed by atoms with Crippen molar-refractivity contribution >= 4 is 116 Å². The van der Waals surface area contributed by atoms with E-state index in [2.05, 4.69) is 185 Å². The molecule has 2 atom stereocenters. The molecule has 2 unspecified atom stereocenters. The van der Waals surface area contributed by atoms with Crippen molar-refractivity contribution in [2.24, 2.45) is 0 Å². The van der Waals surface area contributed by atoms with E-state index in [-0.39, 0.29) is 41.9 Å². The third-order valence-corrected chi connectivity index (χ3v) is 31.8. The van der Waals surface area contributed by atoms with E-state index in [0.717, 1.165) is 51.6 Å². The lowest BCUT2D eigenvalue weighted by Gasteiger charge is -2.20. The third kappa shape index (κ3) is 28.5. The summed E-state index contributed by atoms with van der Waals surface area (Å²) in [6.45, 7) is 23.3. The Balaban J connectivity index is 0.000000177. The maximum atomic E-state index is 13.8. The Morgan fingerprint density at radius 1 is 0.310 bits per heavy atom. The molecule has 13 aromatic carbocycles. The summed E-state index contributed by atoms with van der Waals surface area (Å²) in [5.41, 5.74) is -8.17. The number of alkyl halides is 12. The summed E-state index contributed by atoms with van der Waals surface area (Å²) in [5, 5.41) is 3.38. The lowest BCUT2D eigenvalue weighted by molar-refractivity contribution is -0.137. The summed E-state index contributed by atoms with van der Waals surface area (Å²) in [4.78, 5) is 18.4. The molecular formula is C107H113F12O3S7+7. The molecule has 0 aliphatic rings. The Labute approximate surface area is 772 Å². The molecule has 2 heterocycles. The number of hydrogen-bond donors (Lipinski definition) is 0. The molecule has 0 bridgehead atoms. The van der Waals surface area contributed by atoms with Crippen LogP contribution < -0.4 is 14.9 Å². The van der Waals surface area contributed by atoms with Gasteiger partial charge in [-0.2, -0.15) is 13.2 Å². The molecule has 15 aromatic rings. The van der Waals surface area contributed by atoms with Crippen LogP contribution in [0.2, 0.25) is 0 Å². The fourth-order valence-electron chi connectivity index (χ4n) is 14.1. The fourth-order valence-corrected chi connectivity index (χ4v) is 24.9.